The Bertz CT molecular complexity index is 742. The second-order valence-corrected chi connectivity index (χ2v) is 5.74. The van der Waals surface area contributed by atoms with Crippen LogP contribution in [-0.2, 0) is 17.5 Å². The molecule has 0 aliphatic carbocycles. The summed E-state index contributed by atoms with van der Waals surface area (Å²) in [6.07, 6.45) is -4.45. The lowest BCUT2D eigenvalue weighted by Gasteiger charge is -2.17. The van der Waals surface area contributed by atoms with E-state index in [0.717, 1.165) is 11.6 Å². The molecule has 0 aliphatic heterocycles. The molecule has 7 heteroatoms. The predicted octanol–water partition coefficient (Wildman–Crippen LogP) is 4.27. The van der Waals surface area contributed by atoms with E-state index in [1.54, 1.807) is 19.1 Å². The van der Waals surface area contributed by atoms with E-state index in [4.69, 9.17) is 0 Å². The summed E-state index contributed by atoms with van der Waals surface area (Å²) in [7, 11) is 0. The van der Waals surface area contributed by atoms with E-state index in [1.807, 2.05) is 0 Å². The molecule has 0 spiro atoms. The first kappa shape index (κ1) is 18.8. The first-order valence-corrected chi connectivity index (χ1v) is 7.63. The van der Waals surface area contributed by atoms with Crippen LogP contribution >= 0.6 is 0 Å². The van der Waals surface area contributed by atoms with Crippen molar-refractivity contribution < 1.29 is 22.4 Å². The minimum atomic E-state index is -4.45. The first-order chi connectivity index (χ1) is 11.7. The van der Waals surface area contributed by atoms with E-state index in [1.165, 1.54) is 31.2 Å². The van der Waals surface area contributed by atoms with Gasteiger partial charge in [0.1, 0.15) is 11.9 Å². The Morgan fingerprint density at radius 3 is 2.36 bits per heavy atom. The molecule has 1 unspecified atom stereocenters. The van der Waals surface area contributed by atoms with Crippen LogP contribution in [0.25, 0.3) is 0 Å². The highest BCUT2D eigenvalue weighted by Gasteiger charge is 2.32. The van der Waals surface area contributed by atoms with Crippen LogP contribution in [0, 0.1) is 12.7 Å². The number of alkyl halides is 3. The molecular weight excluding hydrogens is 336 g/mol. The van der Waals surface area contributed by atoms with Gasteiger partial charge in [0.05, 0.1) is 5.56 Å². The van der Waals surface area contributed by atoms with Crippen LogP contribution in [0.15, 0.2) is 42.5 Å². The largest absolute Gasteiger partial charge is 0.416 e. The van der Waals surface area contributed by atoms with Gasteiger partial charge in [-0.3, -0.25) is 4.79 Å². The maximum Gasteiger partial charge on any atom is 0.416 e. The van der Waals surface area contributed by atoms with Crippen LogP contribution in [0.2, 0.25) is 0 Å². The van der Waals surface area contributed by atoms with Gasteiger partial charge in [-0.05, 0) is 49.2 Å². The Morgan fingerprint density at radius 2 is 1.76 bits per heavy atom. The number of carbonyl (C=O) groups excluding carboxylic acids is 1. The van der Waals surface area contributed by atoms with Gasteiger partial charge in [-0.1, -0.05) is 18.2 Å². The van der Waals surface area contributed by atoms with Gasteiger partial charge in [-0.2, -0.15) is 13.2 Å². The minimum absolute atomic E-state index is 0.117. The van der Waals surface area contributed by atoms with Crippen molar-refractivity contribution >= 4 is 11.6 Å². The number of amides is 1. The van der Waals surface area contributed by atoms with Crippen LogP contribution in [0.3, 0.4) is 0 Å². The molecule has 0 bridgehead atoms. The van der Waals surface area contributed by atoms with Crippen molar-refractivity contribution in [3.63, 3.8) is 0 Å². The SMILES string of the molecule is Cc1ccc(NC(C)C(=O)NCc2ccc(F)cc2)cc1C(F)(F)F. The number of hydrogen-bond acceptors (Lipinski definition) is 2. The maximum atomic E-state index is 12.9. The number of rotatable bonds is 5. The standard InChI is InChI=1S/C18H18F4N2O/c1-11-3-8-15(9-16(11)18(20,21)22)24-12(2)17(25)23-10-13-4-6-14(19)7-5-13/h3-9,12,24H,10H2,1-2H3,(H,23,25). The van der Waals surface area contributed by atoms with Crippen LogP contribution in [0.4, 0.5) is 23.2 Å². The van der Waals surface area contributed by atoms with Crippen molar-refractivity contribution in [1.82, 2.24) is 5.32 Å². The molecule has 0 aliphatic rings. The monoisotopic (exact) mass is 354 g/mol. The maximum absolute atomic E-state index is 12.9. The van der Waals surface area contributed by atoms with Crippen molar-refractivity contribution in [2.24, 2.45) is 0 Å². The highest BCUT2D eigenvalue weighted by Crippen LogP contribution is 2.33. The fourth-order valence-electron chi connectivity index (χ4n) is 2.28. The average molecular weight is 354 g/mol. The highest BCUT2D eigenvalue weighted by molar-refractivity contribution is 5.84. The molecule has 2 N–H and O–H groups in total. The summed E-state index contributed by atoms with van der Waals surface area (Å²) in [6, 6.07) is 8.76. The van der Waals surface area contributed by atoms with E-state index in [0.29, 0.717) is 0 Å². The van der Waals surface area contributed by atoms with E-state index in [2.05, 4.69) is 10.6 Å². The first-order valence-electron chi connectivity index (χ1n) is 7.63. The van der Waals surface area contributed by atoms with E-state index >= 15 is 0 Å². The van der Waals surface area contributed by atoms with Gasteiger partial charge in [0.15, 0.2) is 0 Å². The Morgan fingerprint density at radius 1 is 1.12 bits per heavy atom. The van der Waals surface area contributed by atoms with Crippen molar-refractivity contribution in [1.29, 1.82) is 0 Å². The van der Waals surface area contributed by atoms with E-state index < -0.39 is 17.8 Å². The van der Waals surface area contributed by atoms with Crippen molar-refractivity contribution in [3.8, 4) is 0 Å². The van der Waals surface area contributed by atoms with Crippen LogP contribution in [0.5, 0.6) is 0 Å². The second-order valence-electron chi connectivity index (χ2n) is 5.74. The van der Waals surface area contributed by atoms with Gasteiger partial charge in [0.2, 0.25) is 5.91 Å². The highest BCUT2D eigenvalue weighted by atomic mass is 19.4. The third kappa shape index (κ3) is 5.20. The molecule has 0 fully saturated rings. The number of hydrogen-bond donors (Lipinski definition) is 2. The van der Waals surface area contributed by atoms with Crippen LogP contribution in [-0.4, -0.2) is 11.9 Å². The summed E-state index contributed by atoms with van der Waals surface area (Å²) >= 11 is 0. The minimum Gasteiger partial charge on any atom is -0.374 e. The zero-order valence-electron chi connectivity index (χ0n) is 13.7. The topological polar surface area (TPSA) is 41.1 Å². The molecular formula is C18H18F4N2O. The number of halogens is 4. The summed E-state index contributed by atoms with van der Waals surface area (Å²) in [4.78, 5) is 12.1. The summed E-state index contributed by atoms with van der Waals surface area (Å²) in [5.41, 5.74) is 0.307. The molecule has 0 radical (unpaired) electrons. The normalized spacial score (nSPS) is 12.6. The smallest absolute Gasteiger partial charge is 0.374 e. The Hall–Kier alpha value is -2.57. The molecule has 2 aromatic carbocycles. The average Bonchev–Trinajstić information content (AvgIpc) is 2.54. The lowest BCUT2D eigenvalue weighted by Crippen LogP contribution is -2.37. The third-order valence-electron chi connectivity index (χ3n) is 3.70. The summed E-state index contributed by atoms with van der Waals surface area (Å²) < 4.78 is 51.6. The summed E-state index contributed by atoms with van der Waals surface area (Å²) in [6.45, 7) is 3.13. The fourth-order valence-corrected chi connectivity index (χ4v) is 2.28. The Labute approximate surface area is 143 Å². The summed E-state index contributed by atoms with van der Waals surface area (Å²) in [5.74, 6) is -0.747. The summed E-state index contributed by atoms with van der Waals surface area (Å²) in [5, 5.41) is 5.40. The number of nitrogens with one attached hydrogen (secondary N) is 2. The lowest BCUT2D eigenvalue weighted by atomic mass is 10.1. The van der Waals surface area contributed by atoms with E-state index in [-0.39, 0.29) is 29.5 Å². The van der Waals surface area contributed by atoms with Gasteiger partial charge < -0.3 is 10.6 Å². The lowest BCUT2D eigenvalue weighted by molar-refractivity contribution is -0.138. The number of benzene rings is 2. The van der Waals surface area contributed by atoms with Gasteiger partial charge in [0.25, 0.3) is 0 Å². The van der Waals surface area contributed by atoms with Crippen molar-refractivity contribution in [3.05, 3.63) is 65.0 Å². The number of anilines is 1. The van der Waals surface area contributed by atoms with E-state index in [9.17, 15) is 22.4 Å². The van der Waals surface area contributed by atoms with Crippen molar-refractivity contribution in [2.75, 3.05) is 5.32 Å². The van der Waals surface area contributed by atoms with Crippen LogP contribution < -0.4 is 10.6 Å². The van der Waals surface area contributed by atoms with Gasteiger partial charge in [-0.25, -0.2) is 4.39 Å². The van der Waals surface area contributed by atoms with Gasteiger partial charge >= 0.3 is 6.18 Å². The molecule has 3 nitrogen and oxygen atoms in total. The fraction of sp³-hybridized carbons (Fsp3) is 0.278. The molecule has 0 aromatic heterocycles. The van der Waals surface area contributed by atoms with Crippen molar-refractivity contribution in [2.45, 2.75) is 32.6 Å². The molecule has 1 atom stereocenters. The zero-order valence-corrected chi connectivity index (χ0v) is 13.7. The Kier molecular flexibility index (Phi) is 5.66. The second kappa shape index (κ2) is 7.55. The molecule has 134 valence electrons. The quantitative estimate of drug-likeness (QED) is 0.788. The van der Waals surface area contributed by atoms with Crippen LogP contribution in [0.1, 0.15) is 23.6 Å². The molecule has 2 rings (SSSR count). The number of aryl methyl sites for hydroxylation is 1. The molecule has 2 aromatic rings. The molecule has 1 amide bonds. The van der Waals surface area contributed by atoms with Gasteiger partial charge in [0, 0.05) is 12.2 Å². The predicted molar refractivity (Wildman–Crippen MR) is 87.5 cm³/mol. The molecule has 25 heavy (non-hydrogen) atoms. The zero-order chi connectivity index (χ0) is 18.6. The molecule has 0 heterocycles. The molecule has 0 saturated heterocycles. The molecule has 0 saturated carbocycles. The van der Waals surface area contributed by atoms with Gasteiger partial charge in [-0.15, -0.1) is 0 Å². The number of carbonyl (C=O) groups is 1. The third-order valence-corrected chi connectivity index (χ3v) is 3.70. The Balaban J connectivity index is 1.98.